The first kappa shape index (κ1) is 13.5. The molecule has 0 aliphatic carbocycles. The van der Waals surface area contributed by atoms with E-state index in [1.54, 1.807) is 20.8 Å². The Hall–Kier alpha value is -1.58. The minimum atomic E-state index is -0.545. The minimum absolute atomic E-state index is 0.309. The van der Waals surface area contributed by atoms with E-state index >= 15 is 0 Å². The van der Waals surface area contributed by atoms with E-state index in [1.165, 1.54) is 18.2 Å². The van der Waals surface area contributed by atoms with E-state index in [1.807, 2.05) is 6.92 Å². The van der Waals surface area contributed by atoms with Crippen LogP contribution in [0.1, 0.15) is 33.3 Å². The molecule has 1 rings (SSSR count). The van der Waals surface area contributed by atoms with Gasteiger partial charge in [-0.25, -0.2) is 9.18 Å². The summed E-state index contributed by atoms with van der Waals surface area (Å²) in [7, 11) is 0. The summed E-state index contributed by atoms with van der Waals surface area (Å²) in [5.41, 5.74) is 0.787. The maximum absolute atomic E-state index is 13.0. The van der Waals surface area contributed by atoms with Gasteiger partial charge in [0.1, 0.15) is 11.4 Å². The lowest BCUT2D eigenvalue weighted by atomic mass is 10.1. The van der Waals surface area contributed by atoms with Gasteiger partial charge in [-0.1, -0.05) is 6.92 Å². The van der Waals surface area contributed by atoms with Gasteiger partial charge in [-0.2, -0.15) is 0 Å². The average molecular weight is 239 g/mol. The van der Waals surface area contributed by atoms with E-state index in [0.29, 0.717) is 12.1 Å². The highest BCUT2D eigenvalue weighted by molar-refractivity contribution is 5.85. The van der Waals surface area contributed by atoms with E-state index in [-0.39, 0.29) is 5.82 Å². The topological polar surface area (TPSA) is 38.3 Å². The monoisotopic (exact) mass is 239 g/mol. The quantitative estimate of drug-likeness (QED) is 0.853. The summed E-state index contributed by atoms with van der Waals surface area (Å²) in [5.74, 6) is -0.309. The summed E-state index contributed by atoms with van der Waals surface area (Å²) in [6.45, 7) is 7.27. The van der Waals surface area contributed by atoms with Gasteiger partial charge in [0.2, 0.25) is 0 Å². The maximum Gasteiger partial charge on any atom is 0.412 e. The first-order valence-corrected chi connectivity index (χ1v) is 5.60. The Morgan fingerprint density at radius 1 is 1.41 bits per heavy atom. The molecule has 1 N–H and O–H groups in total. The number of nitrogens with one attached hydrogen (secondary N) is 1. The van der Waals surface area contributed by atoms with E-state index in [4.69, 9.17) is 4.74 Å². The molecule has 0 bridgehead atoms. The lowest BCUT2D eigenvalue weighted by Gasteiger charge is -2.20. The summed E-state index contributed by atoms with van der Waals surface area (Å²) in [5, 5.41) is 2.62. The molecular weight excluding hydrogens is 221 g/mol. The highest BCUT2D eigenvalue weighted by Crippen LogP contribution is 2.18. The number of halogens is 1. The van der Waals surface area contributed by atoms with Crippen molar-refractivity contribution in [3.63, 3.8) is 0 Å². The number of rotatable bonds is 2. The predicted molar refractivity (Wildman–Crippen MR) is 65.6 cm³/mol. The molecule has 0 saturated carbocycles. The fourth-order valence-electron chi connectivity index (χ4n) is 1.39. The van der Waals surface area contributed by atoms with Crippen molar-refractivity contribution in [3.05, 3.63) is 29.6 Å². The summed E-state index contributed by atoms with van der Waals surface area (Å²) in [6, 6.07) is 4.26. The van der Waals surface area contributed by atoms with Crippen molar-refractivity contribution in [3.8, 4) is 0 Å². The number of aryl methyl sites for hydroxylation is 1. The maximum atomic E-state index is 13.0. The molecule has 0 heterocycles. The molecule has 4 heteroatoms. The molecule has 0 unspecified atom stereocenters. The van der Waals surface area contributed by atoms with E-state index in [9.17, 15) is 9.18 Å². The number of hydrogen-bond donors (Lipinski definition) is 1. The Balaban J connectivity index is 2.78. The van der Waals surface area contributed by atoms with Crippen LogP contribution in [-0.2, 0) is 11.2 Å². The molecule has 0 radical (unpaired) electrons. The zero-order valence-electron chi connectivity index (χ0n) is 10.6. The number of hydrogen-bond acceptors (Lipinski definition) is 2. The van der Waals surface area contributed by atoms with Gasteiger partial charge in [0.25, 0.3) is 0 Å². The SMILES string of the molecule is CCc1cc(F)ccc1NC(=O)OC(C)(C)C. The van der Waals surface area contributed by atoms with Crippen molar-refractivity contribution in [2.45, 2.75) is 39.7 Å². The molecule has 0 saturated heterocycles. The number of carbonyl (C=O) groups excluding carboxylic acids is 1. The molecule has 94 valence electrons. The van der Waals surface area contributed by atoms with Crippen LogP contribution >= 0.6 is 0 Å². The lowest BCUT2D eigenvalue weighted by molar-refractivity contribution is 0.0636. The van der Waals surface area contributed by atoms with Crippen molar-refractivity contribution in [2.24, 2.45) is 0 Å². The van der Waals surface area contributed by atoms with Crippen molar-refractivity contribution in [1.82, 2.24) is 0 Å². The number of amides is 1. The largest absolute Gasteiger partial charge is 0.444 e. The normalized spacial score (nSPS) is 11.1. The van der Waals surface area contributed by atoms with Crippen LogP contribution in [0.3, 0.4) is 0 Å². The van der Waals surface area contributed by atoms with Crippen molar-refractivity contribution in [1.29, 1.82) is 0 Å². The molecule has 0 atom stereocenters. The third-order valence-electron chi connectivity index (χ3n) is 2.08. The fourth-order valence-corrected chi connectivity index (χ4v) is 1.39. The highest BCUT2D eigenvalue weighted by Gasteiger charge is 2.17. The average Bonchev–Trinajstić information content (AvgIpc) is 2.17. The number of carbonyl (C=O) groups is 1. The Morgan fingerprint density at radius 2 is 2.06 bits per heavy atom. The zero-order chi connectivity index (χ0) is 13.1. The summed E-state index contributed by atoms with van der Waals surface area (Å²) in [4.78, 5) is 11.6. The second-order valence-corrected chi connectivity index (χ2v) is 4.78. The molecule has 0 fully saturated rings. The smallest absolute Gasteiger partial charge is 0.412 e. The van der Waals surface area contributed by atoms with Crippen molar-refractivity contribution in [2.75, 3.05) is 5.32 Å². The number of ether oxygens (including phenoxy) is 1. The Morgan fingerprint density at radius 3 is 2.59 bits per heavy atom. The van der Waals surface area contributed by atoms with Gasteiger partial charge in [-0.3, -0.25) is 5.32 Å². The van der Waals surface area contributed by atoms with Crippen LogP contribution in [0, 0.1) is 5.82 Å². The first-order valence-electron chi connectivity index (χ1n) is 5.60. The zero-order valence-corrected chi connectivity index (χ0v) is 10.6. The second-order valence-electron chi connectivity index (χ2n) is 4.78. The standard InChI is InChI=1S/C13H18FNO2/c1-5-9-8-10(14)6-7-11(9)15-12(16)17-13(2,3)4/h6-8H,5H2,1-4H3,(H,15,16). The molecule has 1 amide bonds. The molecule has 0 aromatic heterocycles. The van der Waals surface area contributed by atoms with Crippen LogP contribution < -0.4 is 5.32 Å². The van der Waals surface area contributed by atoms with Crippen LogP contribution in [0.4, 0.5) is 14.9 Å². The van der Waals surface area contributed by atoms with Crippen molar-refractivity contribution < 1.29 is 13.9 Å². The molecule has 0 aliphatic rings. The molecule has 0 aliphatic heterocycles. The van der Waals surface area contributed by atoms with Crippen LogP contribution in [0.25, 0.3) is 0 Å². The number of anilines is 1. The second kappa shape index (κ2) is 5.17. The van der Waals surface area contributed by atoms with Gasteiger partial charge < -0.3 is 4.74 Å². The lowest BCUT2D eigenvalue weighted by Crippen LogP contribution is -2.27. The number of benzene rings is 1. The van der Waals surface area contributed by atoms with E-state index < -0.39 is 11.7 Å². The van der Waals surface area contributed by atoms with Crippen LogP contribution in [-0.4, -0.2) is 11.7 Å². The molecule has 3 nitrogen and oxygen atoms in total. The van der Waals surface area contributed by atoms with Gasteiger partial charge >= 0.3 is 6.09 Å². The van der Waals surface area contributed by atoms with Gasteiger partial charge in [0.15, 0.2) is 0 Å². The van der Waals surface area contributed by atoms with Crippen molar-refractivity contribution >= 4 is 11.8 Å². The molecule has 0 spiro atoms. The molecule has 1 aromatic rings. The van der Waals surface area contributed by atoms with Crippen LogP contribution in [0.15, 0.2) is 18.2 Å². The molecule has 1 aromatic carbocycles. The molecular formula is C13H18FNO2. The van der Waals surface area contributed by atoms with E-state index in [2.05, 4.69) is 5.32 Å². The van der Waals surface area contributed by atoms with Crippen LogP contribution in [0.5, 0.6) is 0 Å². The van der Waals surface area contributed by atoms with Crippen LogP contribution in [0.2, 0.25) is 0 Å². The Bertz CT molecular complexity index is 410. The third-order valence-corrected chi connectivity index (χ3v) is 2.08. The Labute approximate surface area is 101 Å². The van der Waals surface area contributed by atoms with E-state index in [0.717, 1.165) is 5.56 Å². The fraction of sp³-hybridized carbons (Fsp3) is 0.462. The summed E-state index contributed by atoms with van der Waals surface area (Å²) < 4.78 is 18.1. The predicted octanol–water partition coefficient (Wildman–Crippen LogP) is 3.74. The first-order chi connectivity index (χ1) is 7.81. The summed E-state index contributed by atoms with van der Waals surface area (Å²) in [6.07, 6.45) is 0.113. The third kappa shape index (κ3) is 4.43. The van der Waals surface area contributed by atoms with Gasteiger partial charge in [0, 0.05) is 5.69 Å². The Kier molecular flexibility index (Phi) is 4.10. The minimum Gasteiger partial charge on any atom is -0.444 e. The van der Waals surface area contributed by atoms with Gasteiger partial charge in [0.05, 0.1) is 0 Å². The van der Waals surface area contributed by atoms with Gasteiger partial charge in [-0.15, -0.1) is 0 Å². The highest BCUT2D eigenvalue weighted by atomic mass is 19.1. The van der Waals surface area contributed by atoms with Gasteiger partial charge in [-0.05, 0) is 51.0 Å². The molecule has 17 heavy (non-hydrogen) atoms. The summed E-state index contributed by atoms with van der Waals surface area (Å²) >= 11 is 0.